The Hall–Kier alpha value is -0.305. The van der Waals surface area contributed by atoms with Gasteiger partial charge in [0.25, 0.3) is 0 Å². The van der Waals surface area contributed by atoms with Crippen LogP contribution in [0.15, 0.2) is 30.3 Å². The Morgan fingerprint density at radius 3 is 2.82 bits per heavy atom. The summed E-state index contributed by atoms with van der Waals surface area (Å²) in [7, 11) is 0. The molecule has 0 N–H and O–H groups in total. The quantitative estimate of drug-likeness (QED) is 0.661. The minimum Gasteiger partial charge on any atom is -0.489 e. The van der Waals surface area contributed by atoms with Gasteiger partial charge in [-0.3, -0.25) is 0 Å². The molecular weight excluding hydrogens is 325 g/mol. The van der Waals surface area contributed by atoms with Gasteiger partial charge in [0.05, 0.1) is 0 Å². The molecule has 0 spiro atoms. The third kappa shape index (κ3) is 1.83. The monoisotopic (exact) mass is 334 g/mol. The topological polar surface area (TPSA) is 9.23 Å². The van der Waals surface area contributed by atoms with E-state index in [1.54, 1.807) is 0 Å². The minimum absolute atomic E-state index is 0. The summed E-state index contributed by atoms with van der Waals surface area (Å²) < 4.78 is 5.34. The Bertz CT molecular complexity index is 268. The van der Waals surface area contributed by atoms with Crippen molar-refractivity contribution in [1.82, 2.24) is 0 Å². The zero-order valence-corrected chi connectivity index (χ0v) is 11.8. The number of para-hydroxylation sites is 1. The predicted molar refractivity (Wildman–Crippen MR) is 41.0 cm³/mol. The first kappa shape index (κ1) is 8.79. The Kier molecular flexibility index (Phi) is 3.12. The van der Waals surface area contributed by atoms with Crippen LogP contribution in [0.25, 0.3) is 6.08 Å². The van der Waals surface area contributed by atoms with Crippen molar-refractivity contribution in [1.29, 1.82) is 0 Å². The van der Waals surface area contributed by atoms with Gasteiger partial charge in [0.15, 0.2) is 0 Å². The first-order valence-corrected chi connectivity index (χ1v) is 3.35. The van der Waals surface area contributed by atoms with Crippen LogP contribution < -0.4 is 4.74 Å². The fourth-order valence-corrected chi connectivity index (χ4v) is 1.06. The summed E-state index contributed by atoms with van der Waals surface area (Å²) in [6, 6.07) is 8.03. The van der Waals surface area contributed by atoms with E-state index in [1.807, 2.05) is 30.3 Å². The molecule has 0 fully saturated rings. The summed E-state index contributed by atoms with van der Waals surface area (Å²) >= 11 is 0. The van der Waals surface area contributed by atoms with Crippen molar-refractivity contribution in [2.45, 2.75) is 0 Å². The third-order valence-corrected chi connectivity index (χ3v) is 1.55. The first-order chi connectivity index (χ1) is 4.97. The number of fused-ring (bicyclic) bond motifs is 1. The van der Waals surface area contributed by atoms with Crippen molar-refractivity contribution < 1.29 is 32.4 Å². The van der Waals surface area contributed by atoms with E-state index >= 15 is 0 Å². The van der Waals surface area contributed by atoms with Crippen molar-refractivity contribution in [3.8, 4) is 5.75 Å². The van der Waals surface area contributed by atoms with Crippen LogP contribution in [-0.4, -0.2) is 6.61 Å². The SMILES string of the molecule is C1=Cc2ccccc2OC1.[Hg]. The van der Waals surface area contributed by atoms with Gasteiger partial charge < -0.3 is 4.74 Å². The molecule has 52 valence electrons. The molecule has 0 unspecified atom stereocenters. The van der Waals surface area contributed by atoms with E-state index in [-0.39, 0.29) is 27.7 Å². The normalized spacial score (nSPS) is 12.7. The van der Waals surface area contributed by atoms with E-state index in [4.69, 9.17) is 4.74 Å². The molecule has 0 aliphatic carbocycles. The van der Waals surface area contributed by atoms with Crippen LogP contribution in [0.4, 0.5) is 0 Å². The predicted octanol–water partition coefficient (Wildman–Crippen LogP) is 2.09. The molecule has 1 heterocycles. The summed E-state index contributed by atoms with van der Waals surface area (Å²) in [5.74, 6) is 0.991. The van der Waals surface area contributed by atoms with Gasteiger partial charge in [0.1, 0.15) is 12.4 Å². The molecule has 1 aliphatic rings. The van der Waals surface area contributed by atoms with Crippen LogP contribution in [0.2, 0.25) is 0 Å². The summed E-state index contributed by atoms with van der Waals surface area (Å²) in [6.07, 6.45) is 4.10. The van der Waals surface area contributed by atoms with Crippen molar-refractivity contribution in [3.05, 3.63) is 35.9 Å². The standard InChI is InChI=1S/C9H8O.Hg/c1-2-6-9-8(4-1)5-3-7-10-9;/h1-6H,7H2;. The molecule has 0 radical (unpaired) electrons. The molecule has 0 bridgehead atoms. The largest absolute Gasteiger partial charge is 0.489 e. The van der Waals surface area contributed by atoms with E-state index in [1.165, 1.54) is 5.56 Å². The fraction of sp³-hybridized carbons (Fsp3) is 0.111. The molecule has 1 nitrogen and oxygen atoms in total. The molecule has 1 aromatic carbocycles. The zero-order chi connectivity index (χ0) is 6.81. The molecule has 0 amide bonds. The second kappa shape index (κ2) is 3.91. The van der Waals surface area contributed by atoms with E-state index < -0.39 is 0 Å². The molecule has 2 heteroatoms. The van der Waals surface area contributed by atoms with Crippen molar-refractivity contribution >= 4 is 6.08 Å². The van der Waals surface area contributed by atoms with E-state index in [9.17, 15) is 0 Å². The van der Waals surface area contributed by atoms with Crippen LogP contribution in [0.3, 0.4) is 0 Å². The van der Waals surface area contributed by atoms with Gasteiger partial charge in [-0.1, -0.05) is 24.3 Å². The van der Waals surface area contributed by atoms with Gasteiger partial charge in [-0.15, -0.1) is 0 Å². The van der Waals surface area contributed by atoms with Crippen molar-refractivity contribution in [3.63, 3.8) is 0 Å². The maximum Gasteiger partial charge on any atom is 0.126 e. The van der Waals surface area contributed by atoms with Crippen LogP contribution in [-0.2, 0) is 27.7 Å². The molecule has 11 heavy (non-hydrogen) atoms. The molecule has 0 saturated heterocycles. The number of hydrogen-bond donors (Lipinski definition) is 0. The molecule has 2 rings (SSSR count). The average Bonchev–Trinajstić information content (AvgIpc) is 2.05. The van der Waals surface area contributed by atoms with Crippen LogP contribution in [0.1, 0.15) is 5.56 Å². The van der Waals surface area contributed by atoms with Crippen molar-refractivity contribution in [2.24, 2.45) is 0 Å². The molecular formula is C9H8HgO. The summed E-state index contributed by atoms with van der Waals surface area (Å²) in [5, 5.41) is 0. The summed E-state index contributed by atoms with van der Waals surface area (Å²) in [6.45, 7) is 0.705. The van der Waals surface area contributed by atoms with Gasteiger partial charge in [-0.05, 0) is 12.1 Å². The Morgan fingerprint density at radius 1 is 1.18 bits per heavy atom. The molecule has 1 aromatic rings. The van der Waals surface area contributed by atoms with Crippen LogP contribution in [0, 0.1) is 0 Å². The van der Waals surface area contributed by atoms with Gasteiger partial charge in [-0.25, -0.2) is 0 Å². The summed E-state index contributed by atoms with van der Waals surface area (Å²) in [4.78, 5) is 0. The second-order valence-electron chi connectivity index (χ2n) is 2.25. The van der Waals surface area contributed by atoms with Crippen LogP contribution in [0.5, 0.6) is 5.75 Å². The average molecular weight is 333 g/mol. The van der Waals surface area contributed by atoms with Gasteiger partial charge in [-0.2, -0.15) is 0 Å². The Balaban J connectivity index is 0.000000605. The zero-order valence-electron chi connectivity index (χ0n) is 6.29. The smallest absolute Gasteiger partial charge is 0.126 e. The Labute approximate surface area is 86.6 Å². The van der Waals surface area contributed by atoms with Gasteiger partial charge >= 0.3 is 0 Å². The van der Waals surface area contributed by atoms with Crippen molar-refractivity contribution in [2.75, 3.05) is 6.61 Å². The molecule has 0 saturated carbocycles. The maximum absolute atomic E-state index is 5.34. The van der Waals surface area contributed by atoms with Gasteiger partial charge in [0.2, 0.25) is 0 Å². The fourth-order valence-electron chi connectivity index (χ4n) is 1.06. The van der Waals surface area contributed by atoms with Gasteiger partial charge in [0, 0.05) is 33.2 Å². The van der Waals surface area contributed by atoms with Crippen LogP contribution >= 0.6 is 0 Å². The first-order valence-electron chi connectivity index (χ1n) is 3.35. The second-order valence-corrected chi connectivity index (χ2v) is 2.25. The number of ether oxygens (including phenoxy) is 1. The molecule has 0 atom stereocenters. The molecule has 0 aromatic heterocycles. The Morgan fingerprint density at radius 2 is 2.00 bits per heavy atom. The van der Waals surface area contributed by atoms with E-state index in [0.717, 1.165) is 5.75 Å². The molecule has 1 aliphatic heterocycles. The number of hydrogen-bond acceptors (Lipinski definition) is 1. The minimum atomic E-state index is 0. The number of rotatable bonds is 0. The maximum atomic E-state index is 5.34. The summed E-state index contributed by atoms with van der Waals surface area (Å²) in [5.41, 5.74) is 1.17. The number of benzene rings is 1. The third-order valence-electron chi connectivity index (χ3n) is 1.55. The van der Waals surface area contributed by atoms with E-state index in [2.05, 4.69) is 6.08 Å². The van der Waals surface area contributed by atoms with E-state index in [0.29, 0.717) is 6.61 Å².